The highest BCUT2D eigenvalue weighted by Gasteiger charge is 2.03. The summed E-state index contributed by atoms with van der Waals surface area (Å²) >= 11 is 0. The zero-order chi connectivity index (χ0) is 10.1. The van der Waals surface area contributed by atoms with Crippen molar-refractivity contribution in [2.45, 2.75) is 0 Å². The Hall–Kier alpha value is -2.03. The summed E-state index contributed by atoms with van der Waals surface area (Å²) in [6.07, 6.45) is 0.680. The molecule has 0 aliphatic heterocycles. The van der Waals surface area contributed by atoms with Crippen molar-refractivity contribution in [3.8, 4) is 11.5 Å². The predicted octanol–water partition coefficient (Wildman–Crippen LogP) is 2.06. The van der Waals surface area contributed by atoms with Gasteiger partial charge in [-0.2, -0.15) is 0 Å². The number of fused-ring (bicyclic) bond motifs is 1. The standard InChI is InChI=1S/C11H8O3/c12-6-8-5-10(14)4-7-3-9(13)1-2-11(7)8/h1-6,13-14H. The van der Waals surface area contributed by atoms with E-state index in [0.29, 0.717) is 17.2 Å². The Morgan fingerprint density at radius 2 is 1.71 bits per heavy atom. The minimum Gasteiger partial charge on any atom is -0.508 e. The first kappa shape index (κ1) is 8.56. The van der Waals surface area contributed by atoms with E-state index in [1.807, 2.05) is 0 Å². The molecule has 2 rings (SSSR count). The highest BCUT2D eigenvalue weighted by Crippen LogP contribution is 2.26. The number of aldehydes is 1. The van der Waals surface area contributed by atoms with E-state index in [-0.39, 0.29) is 11.5 Å². The molecule has 0 unspecified atom stereocenters. The third-order valence-electron chi connectivity index (χ3n) is 2.08. The summed E-state index contributed by atoms with van der Waals surface area (Å²) in [5.74, 6) is 0.130. The van der Waals surface area contributed by atoms with Crippen molar-refractivity contribution < 1.29 is 15.0 Å². The summed E-state index contributed by atoms with van der Waals surface area (Å²) in [7, 11) is 0. The van der Waals surface area contributed by atoms with Crippen LogP contribution in [0, 0.1) is 0 Å². The van der Waals surface area contributed by atoms with Crippen LogP contribution in [-0.4, -0.2) is 16.5 Å². The van der Waals surface area contributed by atoms with Crippen LogP contribution in [-0.2, 0) is 0 Å². The van der Waals surface area contributed by atoms with Crippen molar-refractivity contribution in [1.29, 1.82) is 0 Å². The smallest absolute Gasteiger partial charge is 0.150 e. The van der Waals surface area contributed by atoms with E-state index >= 15 is 0 Å². The van der Waals surface area contributed by atoms with E-state index in [4.69, 9.17) is 0 Å². The molecule has 0 radical (unpaired) electrons. The molecule has 70 valence electrons. The SMILES string of the molecule is O=Cc1cc(O)cc2cc(O)ccc12. The van der Waals surface area contributed by atoms with Crippen LogP contribution in [0.2, 0.25) is 0 Å². The average Bonchev–Trinajstić information content (AvgIpc) is 2.15. The second kappa shape index (κ2) is 3.03. The third kappa shape index (κ3) is 1.29. The molecule has 0 bridgehead atoms. The molecule has 0 heterocycles. The van der Waals surface area contributed by atoms with Gasteiger partial charge < -0.3 is 10.2 Å². The summed E-state index contributed by atoms with van der Waals surface area (Å²) < 4.78 is 0. The fraction of sp³-hybridized carbons (Fsp3) is 0. The van der Waals surface area contributed by atoms with Crippen LogP contribution in [0.5, 0.6) is 11.5 Å². The summed E-state index contributed by atoms with van der Waals surface area (Å²) in [6.45, 7) is 0. The van der Waals surface area contributed by atoms with E-state index in [1.165, 1.54) is 24.3 Å². The normalized spacial score (nSPS) is 10.3. The van der Waals surface area contributed by atoms with Gasteiger partial charge in [0.2, 0.25) is 0 Å². The molecular weight excluding hydrogens is 180 g/mol. The number of carbonyl (C=O) groups is 1. The predicted molar refractivity (Wildman–Crippen MR) is 52.7 cm³/mol. The minimum absolute atomic E-state index is 0.0187. The molecule has 0 aliphatic rings. The Balaban J connectivity index is 2.87. The Kier molecular flexibility index (Phi) is 1.85. The molecule has 0 amide bonds. The molecule has 0 aromatic heterocycles. The largest absolute Gasteiger partial charge is 0.508 e. The minimum atomic E-state index is 0.0187. The van der Waals surface area contributed by atoms with E-state index in [2.05, 4.69) is 0 Å². The number of aromatic hydroxyl groups is 2. The molecule has 3 heteroatoms. The highest BCUT2D eigenvalue weighted by atomic mass is 16.3. The first-order chi connectivity index (χ1) is 6.70. The molecule has 2 aromatic carbocycles. The van der Waals surface area contributed by atoms with Crippen LogP contribution >= 0.6 is 0 Å². The molecule has 0 atom stereocenters. The van der Waals surface area contributed by atoms with Crippen molar-refractivity contribution >= 4 is 17.1 Å². The highest BCUT2D eigenvalue weighted by molar-refractivity contribution is 5.99. The molecule has 0 fully saturated rings. The first-order valence-electron chi connectivity index (χ1n) is 4.11. The maximum atomic E-state index is 10.7. The number of rotatable bonds is 1. The number of hydrogen-bond donors (Lipinski definition) is 2. The van der Waals surface area contributed by atoms with Gasteiger partial charge >= 0.3 is 0 Å². The van der Waals surface area contributed by atoms with Crippen molar-refractivity contribution in [2.75, 3.05) is 0 Å². The summed E-state index contributed by atoms with van der Waals surface area (Å²) in [5, 5.41) is 19.9. The van der Waals surface area contributed by atoms with Gasteiger partial charge in [-0.05, 0) is 41.1 Å². The average molecular weight is 188 g/mol. The van der Waals surface area contributed by atoms with Gasteiger partial charge in [0.15, 0.2) is 6.29 Å². The van der Waals surface area contributed by atoms with E-state index in [9.17, 15) is 15.0 Å². The number of phenols is 2. The second-order valence-corrected chi connectivity index (χ2v) is 3.06. The van der Waals surface area contributed by atoms with Crippen molar-refractivity contribution in [1.82, 2.24) is 0 Å². The van der Waals surface area contributed by atoms with Crippen molar-refractivity contribution in [2.24, 2.45) is 0 Å². The molecule has 0 saturated carbocycles. The fourth-order valence-corrected chi connectivity index (χ4v) is 1.47. The van der Waals surface area contributed by atoms with Gasteiger partial charge in [0.25, 0.3) is 0 Å². The van der Waals surface area contributed by atoms with Crippen LogP contribution in [0.4, 0.5) is 0 Å². The molecule has 0 aliphatic carbocycles. The summed E-state index contributed by atoms with van der Waals surface area (Å²) in [6, 6.07) is 7.55. The van der Waals surface area contributed by atoms with Crippen LogP contribution in [0.15, 0.2) is 30.3 Å². The van der Waals surface area contributed by atoms with Gasteiger partial charge in [-0.1, -0.05) is 0 Å². The Morgan fingerprint density at radius 1 is 1.00 bits per heavy atom. The van der Waals surface area contributed by atoms with Crippen LogP contribution in [0.3, 0.4) is 0 Å². The lowest BCUT2D eigenvalue weighted by atomic mass is 10.0. The van der Waals surface area contributed by atoms with Crippen LogP contribution < -0.4 is 0 Å². The van der Waals surface area contributed by atoms with E-state index in [1.54, 1.807) is 6.07 Å². The lowest BCUT2D eigenvalue weighted by Crippen LogP contribution is -1.83. The lowest BCUT2D eigenvalue weighted by molar-refractivity contribution is 0.112. The van der Waals surface area contributed by atoms with Crippen molar-refractivity contribution in [3.63, 3.8) is 0 Å². The maximum absolute atomic E-state index is 10.7. The molecule has 2 aromatic rings. The topological polar surface area (TPSA) is 57.5 Å². The Bertz CT molecular complexity index is 498. The quantitative estimate of drug-likeness (QED) is 0.673. The number of carbonyl (C=O) groups excluding carboxylic acids is 1. The lowest BCUT2D eigenvalue weighted by Gasteiger charge is -2.02. The number of benzene rings is 2. The molecular formula is C11H8O3. The van der Waals surface area contributed by atoms with Gasteiger partial charge in [0, 0.05) is 5.56 Å². The number of hydrogen-bond acceptors (Lipinski definition) is 3. The number of phenolic OH excluding ortho intramolecular Hbond substituents is 2. The Labute approximate surface area is 80.2 Å². The van der Waals surface area contributed by atoms with Gasteiger partial charge in [-0.25, -0.2) is 0 Å². The summed E-state index contributed by atoms with van der Waals surface area (Å²) in [5.41, 5.74) is 0.417. The van der Waals surface area contributed by atoms with Gasteiger partial charge in [0.1, 0.15) is 11.5 Å². The molecule has 14 heavy (non-hydrogen) atoms. The molecule has 2 N–H and O–H groups in total. The van der Waals surface area contributed by atoms with Gasteiger partial charge in [0.05, 0.1) is 0 Å². The zero-order valence-corrected chi connectivity index (χ0v) is 7.27. The van der Waals surface area contributed by atoms with Gasteiger partial charge in [-0.3, -0.25) is 4.79 Å². The second-order valence-electron chi connectivity index (χ2n) is 3.06. The van der Waals surface area contributed by atoms with Crippen LogP contribution in [0.1, 0.15) is 10.4 Å². The fourth-order valence-electron chi connectivity index (χ4n) is 1.47. The monoisotopic (exact) mass is 188 g/mol. The summed E-state index contributed by atoms with van der Waals surface area (Å²) in [4.78, 5) is 10.7. The van der Waals surface area contributed by atoms with E-state index < -0.39 is 0 Å². The molecule has 0 saturated heterocycles. The maximum Gasteiger partial charge on any atom is 0.150 e. The Morgan fingerprint density at radius 3 is 2.43 bits per heavy atom. The first-order valence-corrected chi connectivity index (χ1v) is 4.11. The van der Waals surface area contributed by atoms with Crippen LogP contribution in [0.25, 0.3) is 10.8 Å². The van der Waals surface area contributed by atoms with E-state index in [0.717, 1.165) is 5.39 Å². The van der Waals surface area contributed by atoms with Gasteiger partial charge in [-0.15, -0.1) is 0 Å². The molecule has 0 spiro atoms. The third-order valence-corrected chi connectivity index (χ3v) is 2.08. The zero-order valence-electron chi connectivity index (χ0n) is 7.27. The molecule has 3 nitrogen and oxygen atoms in total. The van der Waals surface area contributed by atoms with Crippen molar-refractivity contribution in [3.05, 3.63) is 35.9 Å².